The molecule has 0 amide bonds. The summed E-state index contributed by atoms with van der Waals surface area (Å²) >= 11 is 0. The predicted octanol–water partition coefficient (Wildman–Crippen LogP) is 5.88. The molecule has 0 radical (unpaired) electrons. The molecule has 0 aromatic heterocycles. The molecule has 0 spiro atoms. The Morgan fingerprint density at radius 3 is 1.12 bits per heavy atom. The van der Waals surface area contributed by atoms with Gasteiger partial charge in [0.15, 0.2) is 0 Å². The zero-order chi connectivity index (χ0) is 30.0. The number of hydrogen-bond donors (Lipinski definition) is 6. The van der Waals surface area contributed by atoms with E-state index in [1.807, 2.05) is 13.8 Å². The number of hydrogen-bond acceptors (Lipinski definition) is 8. The van der Waals surface area contributed by atoms with Gasteiger partial charge >= 0.3 is 0 Å². The normalized spacial score (nSPS) is 16.9. The van der Waals surface area contributed by atoms with E-state index in [2.05, 4.69) is 0 Å². The van der Waals surface area contributed by atoms with E-state index in [1.54, 1.807) is 12.1 Å². The highest BCUT2D eigenvalue weighted by Gasteiger charge is 2.46. The van der Waals surface area contributed by atoms with Crippen LogP contribution in [0.15, 0.2) is 48.5 Å². The van der Waals surface area contributed by atoms with Gasteiger partial charge in [-0.2, -0.15) is 0 Å². The quantitative estimate of drug-likeness (QED) is 0.175. The zero-order valence-corrected chi connectivity index (χ0v) is 23.1. The highest BCUT2D eigenvalue weighted by Crippen LogP contribution is 2.57. The van der Waals surface area contributed by atoms with Crippen molar-refractivity contribution in [2.24, 2.45) is 0 Å². The Bertz CT molecular complexity index is 1690. The van der Waals surface area contributed by atoms with Crippen LogP contribution in [-0.4, -0.2) is 42.2 Å². The number of rotatable bonds is 5. The highest BCUT2D eigenvalue weighted by atomic mass is 16.3. The minimum Gasteiger partial charge on any atom is -0.508 e. The van der Waals surface area contributed by atoms with Crippen LogP contribution in [0.25, 0.3) is 0 Å². The molecule has 0 fully saturated rings. The largest absolute Gasteiger partial charge is 0.508 e. The Morgan fingerprint density at radius 1 is 0.476 bits per heavy atom. The molecule has 2 atom stereocenters. The van der Waals surface area contributed by atoms with Gasteiger partial charge in [-0.05, 0) is 70.5 Å². The monoisotopic (exact) mass is 566 g/mol. The summed E-state index contributed by atoms with van der Waals surface area (Å²) in [6.45, 7) is 3.96. The number of aromatic hydroxyl groups is 6. The summed E-state index contributed by atoms with van der Waals surface area (Å²) in [6, 6.07) is 11.5. The van der Waals surface area contributed by atoms with Crippen molar-refractivity contribution in [3.8, 4) is 34.5 Å². The van der Waals surface area contributed by atoms with Crippen molar-refractivity contribution < 1.29 is 40.2 Å². The van der Waals surface area contributed by atoms with E-state index in [0.717, 1.165) is 36.1 Å². The third-order valence-electron chi connectivity index (χ3n) is 8.34. The van der Waals surface area contributed by atoms with Crippen molar-refractivity contribution in [2.45, 2.75) is 51.4 Å². The molecule has 214 valence electrons. The van der Waals surface area contributed by atoms with Crippen LogP contribution in [0, 0.1) is 0 Å². The summed E-state index contributed by atoms with van der Waals surface area (Å²) < 4.78 is 0. The molecule has 4 aromatic carbocycles. The van der Waals surface area contributed by atoms with E-state index in [1.165, 1.54) is 24.3 Å². The molecule has 2 unspecified atom stereocenters. The fraction of sp³-hybridized carbons (Fsp3) is 0.235. The molecular formula is C34H30O8. The van der Waals surface area contributed by atoms with Crippen LogP contribution in [0.1, 0.15) is 104 Å². The predicted molar refractivity (Wildman–Crippen MR) is 154 cm³/mol. The Kier molecular flexibility index (Phi) is 6.37. The summed E-state index contributed by atoms with van der Waals surface area (Å²) in [5, 5.41) is 65.4. The number of phenolic OH excluding ortho intramolecular Hbond substituents is 6. The second-order valence-electron chi connectivity index (χ2n) is 11.1. The average Bonchev–Trinajstić information content (AvgIpc) is 2.89. The third kappa shape index (κ3) is 3.97. The Hall–Kier alpha value is -4.98. The minimum absolute atomic E-state index is 0.0216. The Balaban J connectivity index is 1.78. The lowest BCUT2D eigenvalue weighted by Gasteiger charge is -2.39. The maximum absolute atomic E-state index is 13.8. The standard InChI is InChI=1S/C34H30O8/c1-3-5-15-7-19-27(21-11-17(35)13-25(39)31(21)33(41)29(19)23(37)9-15)28-20-8-16(6-4-2)10-24(38)30(20)34(42)32-22(28)12-18(36)14-26(32)40/h7-14,27-28,35-40H,3-6H2,1-2H3. The van der Waals surface area contributed by atoms with Crippen LogP contribution in [0.3, 0.4) is 0 Å². The average molecular weight is 567 g/mol. The number of carbonyl (C=O) groups excluding carboxylic acids is 2. The molecule has 42 heavy (non-hydrogen) atoms. The number of phenols is 6. The van der Waals surface area contributed by atoms with Gasteiger partial charge in [-0.15, -0.1) is 0 Å². The lowest BCUT2D eigenvalue weighted by atomic mass is 9.63. The van der Waals surface area contributed by atoms with Crippen molar-refractivity contribution in [3.63, 3.8) is 0 Å². The van der Waals surface area contributed by atoms with Gasteiger partial charge < -0.3 is 30.6 Å². The molecular weight excluding hydrogens is 536 g/mol. The topological polar surface area (TPSA) is 156 Å². The molecule has 6 rings (SSSR count). The van der Waals surface area contributed by atoms with Gasteiger partial charge in [0, 0.05) is 24.0 Å². The molecule has 8 heteroatoms. The van der Waals surface area contributed by atoms with E-state index in [0.29, 0.717) is 24.0 Å². The lowest BCUT2D eigenvalue weighted by molar-refractivity contribution is 0.101. The van der Waals surface area contributed by atoms with Crippen molar-refractivity contribution >= 4 is 11.6 Å². The van der Waals surface area contributed by atoms with Crippen molar-refractivity contribution in [3.05, 3.63) is 104 Å². The molecule has 2 aliphatic rings. The molecule has 4 aromatic rings. The van der Waals surface area contributed by atoms with Gasteiger partial charge in [-0.3, -0.25) is 9.59 Å². The summed E-state index contributed by atoms with van der Waals surface area (Å²) in [5.41, 5.74) is 2.56. The van der Waals surface area contributed by atoms with Crippen LogP contribution in [0.4, 0.5) is 0 Å². The van der Waals surface area contributed by atoms with Crippen LogP contribution in [0.5, 0.6) is 34.5 Å². The molecule has 0 saturated carbocycles. The smallest absolute Gasteiger partial charge is 0.201 e. The molecule has 0 aliphatic heterocycles. The second kappa shape index (κ2) is 9.83. The summed E-state index contributed by atoms with van der Waals surface area (Å²) in [7, 11) is 0. The fourth-order valence-electron chi connectivity index (χ4n) is 6.83. The van der Waals surface area contributed by atoms with E-state index < -0.39 is 34.9 Å². The summed E-state index contributed by atoms with van der Waals surface area (Å²) in [4.78, 5) is 27.7. The lowest BCUT2D eigenvalue weighted by Crippen LogP contribution is -2.30. The van der Waals surface area contributed by atoms with Gasteiger partial charge in [0.05, 0.1) is 22.3 Å². The number of carbonyl (C=O) groups is 2. The van der Waals surface area contributed by atoms with Crippen LogP contribution < -0.4 is 0 Å². The minimum atomic E-state index is -0.892. The molecule has 6 N–H and O–H groups in total. The maximum atomic E-state index is 13.8. The molecule has 0 saturated heterocycles. The molecule has 2 aliphatic carbocycles. The number of benzene rings is 4. The Labute approximate surface area is 241 Å². The first-order valence-electron chi connectivity index (χ1n) is 14.0. The number of aryl methyl sites for hydroxylation is 2. The SMILES string of the molecule is CCCc1cc(O)c2c(c1)C(C1c3cc(O)cc(O)c3C(=O)c3c(O)cc(CCC)cc31)c1cc(O)cc(O)c1C2=O. The first-order valence-corrected chi connectivity index (χ1v) is 14.0. The fourth-order valence-corrected chi connectivity index (χ4v) is 6.83. The molecule has 0 heterocycles. The van der Waals surface area contributed by atoms with Gasteiger partial charge in [0.2, 0.25) is 11.6 Å². The second-order valence-corrected chi connectivity index (χ2v) is 11.1. The third-order valence-corrected chi connectivity index (χ3v) is 8.34. The van der Waals surface area contributed by atoms with Crippen molar-refractivity contribution in [1.29, 1.82) is 0 Å². The van der Waals surface area contributed by atoms with Crippen molar-refractivity contribution in [2.75, 3.05) is 0 Å². The maximum Gasteiger partial charge on any atom is 0.201 e. The highest BCUT2D eigenvalue weighted by molar-refractivity contribution is 6.18. The van der Waals surface area contributed by atoms with E-state index in [9.17, 15) is 40.2 Å². The van der Waals surface area contributed by atoms with Gasteiger partial charge in [0.25, 0.3) is 0 Å². The zero-order valence-electron chi connectivity index (χ0n) is 23.1. The first-order chi connectivity index (χ1) is 20.0. The molecule has 0 bridgehead atoms. The van der Waals surface area contributed by atoms with Gasteiger partial charge in [0.1, 0.15) is 34.5 Å². The van der Waals surface area contributed by atoms with Crippen LogP contribution in [-0.2, 0) is 12.8 Å². The Morgan fingerprint density at radius 2 is 0.786 bits per heavy atom. The number of ketones is 2. The van der Waals surface area contributed by atoms with Crippen molar-refractivity contribution in [1.82, 2.24) is 0 Å². The molecule has 8 nitrogen and oxygen atoms in total. The summed E-state index contributed by atoms with van der Waals surface area (Å²) in [5.74, 6) is -5.10. The van der Waals surface area contributed by atoms with Crippen LogP contribution >= 0.6 is 0 Å². The van der Waals surface area contributed by atoms with E-state index in [4.69, 9.17) is 0 Å². The first kappa shape index (κ1) is 27.2. The van der Waals surface area contributed by atoms with Gasteiger partial charge in [-0.25, -0.2) is 0 Å². The van der Waals surface area contributed by atoms with E-state index >= 15 is 0 Å². The number of fused-ring (bicyclic) bond motifs is 4. The van der Waals surface area contributed by atoms with Gasteiger partial charge in [-0.1, -0.05) is 38.8 Å². The summed E-state index contributed by atoms with van der Waals surface area (Å²) in [6.07, 6.45) is 2.71. The van der Waals surface area contributed by atoms with E-state index in [-0.39, 0.29) is 56.4 Å². The van der Waals surface area contributed by atoms with Crippen LogP contribution in [0.2, 0.25) is 0 Å².